The molecule has 0 atom stereocenters. The van der Waals surface area contributed by atoms with E-state index in [9.17, 15) is 4.79 Å². The fourth-order valence-corrected chi connectivity index (χ4v) is 2.74. The van der Waals surface area contributed by atoms with E-state index in [1.54, 1.807) is 12.3 Å². The van der Waals surface area contributed by atoms with Gasteiger partial charge in [-0.15, -0.1) is 0 Å². The van der Waals surface area contributed by atoms with E-state index in [-0.39, 0.29) is 5.41 Å². The number of pyridine rings is 1. The fourth-order valence-electron chi connectivity index (χ4n) is 2.63. The highest BCUT2D eigenvalue weighted by molar-refractivity contribution is 6.29. The normalized spacial score (nSPS) is 21.6. The van der Waals surface area contributed by atoms with E-state index in [1.807, 2.05) is 11.0 Å². The third-order valence-electron chi connectivity index (χ3n) is 3.83. The van der Waals surface area contributed by atoms with Gasteiger partial charge in [0.2, 0.25) is 5.91 Å². The molecule has 17 heavy (non-hydrogen) atoms. The van der Waals surface area contributed by atoms with Crippen molar-refractivity contribution < 1.29 is 4.79 Å². The fraction of sp³-hybridized carbons (Fsp3) is 0.538. The summed E-state index contributed by atoms with van der Waals surface area (Å²) in [4.78, 5) is 18.6. The maximum absolute atomic E-state index is 12.5. The van der Waals surface area contributed by atoms with Crippen LogP contribution >= 0.6 is 11.6 Å². The van der Waals surface area contributed by atoms with Crippen molar-refractivity contribution in [3.05, 3.63) is 29.0 Å². The van der Waals surface area contributed by atoms with Crippen LogP contribution in [0.1, 0.15) is 31.2 Å². The Morgan fingerprint density at radius 3 is 2.53 bits per heavy atom. The monoisotopic (exact) mass is 250 g/mol. The van der Waals surface area contributed by atoms with E-state index in [0.717, 1.165) is 44.3 Å². The van der Waals surface area contributed by atoms with E-state index >= 15 is 0 Å². The molecular formula is C13H15ClN2O. The molecule has 0 unspecified atom stereocenters. The summed E-state index contributed by atoms with van der Waals surface area (Å²) >= 11 is 5.78. The first-order valence-electron chi connectivity index (χ1n) is 6.14. The number of rotatable bonds is 2. The molecule has 0 aromatic carbocycles. The second kappa shape index (κ2) is 3.98. The first-order chi connectivity index (χ1) is 8.22. The predicted molar refractivity (Wildman–Crippen MR) is 66.0 cm³/mol. The molecule has 0 N–H and O–H groups in total. The molecule has 1 aliphatic carbocycles. The van der Waals surface area contributed by atoms with Gasteiger partial charge in [0.1, 0.15) is 5.15 Å². The van der Waals surface area contributed by atoms with Crippen LogP contribution in [0.3, 0.4) is 0 Å². The van der Waals surface area contributed by atoms with Crippen LogP contribution in [0.5, 0.6) is 0 Å². The Kier molecular flexibility index (Phi) is 2.58. The van der Waals surface area contributed by atoms with E-state index in [1.165, 1.54) is 0 Å². The molecule has 2 heterocycles. The Labute approximate surface area is 106 Å². The topological polar surface area (TPSA) is 33.2 Å². The highest BCUT2D eigenvalue weighted by atomic mass is 35.5. The molecule has 1 aromatic rings. The molecule has 90 valence electrons. The average molecular weight is 251 g/mol. The van der Waals surface area contributed by atoms with Crippen molar-refractivity contribution in [2.24, 2.45) is 0 Å². The Balaban J connectivity index is 1.85. The van der Waals surface area contributed by atoms with E-state index in [2.05, 4.69) is 4.98 Å². The minimum Gasteiger partial charge on any atom is -0.342 e. The number of halogens is 1. The van der Waals surface area contributed by atoms with Crippen LogP contribution in [0, 0.1) is 0 Å². The van der Waals surface area contributed by atoms with Crippen molar-refractivity contribution in [2.75, 3.05) is 13.1 Å². The van der Waals surface area contributed by atoms with Crippen molar-refractivity contribution in [3.63, 3.8) is 0 Å². The van der Waals surface area contributed by atoms with Crippen LogP contribution < -0.4 is 0 Å². The number of hydrogen-bond donors (Lipinski definition) is 0. The SMILES string of the molecule is O=C(N1CCCC1)C1(c2ccc(Cl)nc2)CC1. The molecule has 1 aliphatic heterocycles. The second-order valence-electron chi connectivity index (χ2n) is 4.95. The van der Waals surface area contributed by atoms with Gasteiger partial charge in [-0.2, -0.15) is 0 Å². The van der Waals surface area contributed by atoms with Gasteiger partial charge < -0.3 is 4.90 Å². The van der Waals surface area contributed by atoms with Gasteiger partial charge in [-0.1, -0.05) is 17.7 Å². The molecule has 1 aromatic heterocycles. The first kappa shape index (κ1) is 11.0. The van der Waals surface area contributed by atoms with Gasteiger partial charge in [0.15, 0.2) is 0 Å². The van der Waals surface area contributed by atoms with Gasteiger partial charge in [0.05, 0.1) is 5.41 Å². The molecule has 2 aliphatic rings. The van der Waals surface area contributed by atoms with Crippen molar-refractivity contribution in [1.29, 1.82) is 0 Å². The Bertz CT molecular complexity index is 433. The number of hydrogen-bond acceptors (Lipinski definition) is 2. The summed E-state index contributed by atoms with van der Waals surface area (Å²) in [6.07, 6.45) is 5.93. The summed E-state index contributed by atoms with van der Waals surface area (Å²) in [7, 11) is 0. The summed E-state index contributed by atoms with van der Waals surface area (Å²) in [5, 5.41) is 0.484. The van der Waals surface area contributed by atoms with Gasteiger partial charge in [-0.25, -0.2) is 4.98 Å². The molecule has 1 saturated heterocycles. The first-order valence-corrected chi connectivity index (χ1v) is 6.52. The number of carbonyl (C=O) groups is 1. The van der Waals surface area contributed by atoms with Gasteiger partial charge >= 0.3 is 0 Å². The van der Waals surface area contributed by atoms with Crippen molar-refractivity contribution in [1.82, 2.24) is 9.88 Å². The predicted octanol–water partition coefficient (Wildman–Crippen LogP) is 2.39. The Hall–Kier alpha value is -1.09. The molecular weight excluding hydrogens is 236 g/mol. The third kappa shape index (κ3) is 1.82. The number of amides is 1. The lowest BCUT2D eigenvalue weighted by Crippen LogP contribution is -2.37. The van der Waals surface area contributed by atoms with Crippen LogP contribution in [0.15, 0.2) is 18.3 Å². The van der Waals surface area contributed by atoms with E-state index < -0.39 is 0 Å². The van der Waals surface area contributed by atoms with Crippen molar-refractivity contribution in [2.45, 2.75) is 31.1 Å². The summed E-state index contributed by atoms with van der Waals surface area (Å²) in [6, 6.07) is 3.71. The molecule has 0 spiro atoms. The molecule has 3 nitrogen and oxygen atoms in total. The third-order valence-corrected chi connectivity index (χ3v) is 4.06. The minimum atomic E-state index is -0.276. The number of aromatic nitrogens is 1. The largest absolute Gasteiger partial charge is 0.342 e. The van der Waals surface area contributed by atoms with Gasteiger partial charge in [-0.3, -0.25) is 4.79 Å². The highest BCUT2D eigenvalue weighted by Gasteiger charge is 2.53. The quantitative estimate of drug-likeness (QED) is 0.755. The van der Waals surface area contributed by atoms with E-state index in [0.29, 0.717) is 11.1 Å². The zero-order valence-corrected chi connectivity index (χ0v) is 10.4. The average Bonchev–Trinajstić information content (AvgIpc) is 2.97. The number of nitrogens with zero attached hydrogens (tertiary/aromatic N) is 2. The molecule has 0 radical (unpaired) electrons. The molecule has 4 heteroatoms. The summed E-state index contributed by atoms with van der Waals surface area (Å²) in [6.45, 7) is 1.84. The maximum atomic E-state index is 12.5. The molecule has 1 amide bonds. The van der Waals surface area contributed by atoms with Crippen molar-refractivity contribution in [3.8, 4) is 0 Å². The van der Waals surface area contributed by atoms with Crippen LogP contribution in [-0.2, 0) is 10.2 Å². The number of likely N-dealkylation sites (tertiary alicyclic amines) is 1. The highest BCUT2D eigenvalue weighted by Crippen LogP contribution is 2.49. The van der Waals surface area contributed by atoms with Crippen molar-refractivity contribution >= 4 is 17.5 Å². The maximum Gasteiger partial charge on any atom is 0.233 e. The second-order valence-corrected chi connectivity index (χ2v) is 5.34. The number of carbonyl (C=O) groups excluding carboxylic acids is 1. The lowest BCUT2D eigenvalue weighted by atomic mass is 9.96. The van der Waals surface area contributed by atoms with Crippen LogP contribution in [-0.4, -0.2) is 28.9 Å². The summed E-state index contributed by atoms with van der Waals surface area (Å²) < 4.78 is 0. The van der Waals surface area contributed by atoms with Gasteiger partial charge in [0, 0.05) is 19.3 Å². The molecule has 1 saturated carbocycles. The lowest BCUT2D eigenvalue weighted by Gasteiger charge is -2.22. The van der Waals surface area contributed by atoms with Crippen LogP contribution in [0.25, 0.3) is 0 Å². The van der Waals surface area contributed by atoms with Crippen LogP contribution in [0.2, 0.25) is 5.15 Å². The van der Waals surface area contributed by atoms with Crippen LogP contribution in [0.4, 0.5) is 0 Å². The molecule has 0 bridgehead atoms. The van der Waals surface area contributed by atoms with E-state index in [4.69, 9.17) is 11.6 Å². The Morgan fingerprint density at radius 2 is 2.00 bits per heavy atom. The molecule has 3 rings (SSSR count). The zero-order valence-electron chi connectivity index (χ0n) is 9.66. The summed E-state index contributed by atoms with van der Waals surface area (Å²) in [5.74, 6) is 0.291. The zero-order chi connectivity index (χ0) is 11.9. The standard InChI is InChI=1S/C13H15ClN2O/c14-11-4-3-10(9-15-11)13(5-6-13)12(17)16-7-1-2-8-16/h3-4,9H,1-2,5-8H2. The van der Waals surface area contributed by atoms with Gasteiger partial charge in [-0.05, 0) is 37.3 Å². The lowest BCUT2D eigenvalue weighted by molar-refractivity contribution is -0.132. The minimum absolute atomic E-state index is 0.276. The molecule has 2 fully saturated rings. The summed E-state index contributed by atoms with van der Waals surface area (Å²) in [5.41, 5.74) is 0.751. The smallest absolute Gasteiger partial charge is 0.233 e. The van der Waals surface area contributed by atoms with Gasteiger partial charge in [0.25, 0.3) is 0 Å². The Morgan fingerprint density at radius 1 is 1.29 bits per heavy atom.